The maximum Gasteiger partial charge on any atom is 0.189 e. The van der Waals surface area contributed by atoms with Crippen molar-refractivity contribution >= 4 is 17.6 Å². The number of thioether (sulfide) groups is 1. The first-order valence-corrected chi connectivity index (χ1v) is 9.10. The number of rotatable bonds is 5. The van der Waals surface area contributed by atoms with E-state index in [0.717, 1.165) is 55.9 Å². The van der Waals surface area contributed by atoms with Gasteiger partial charge in [0.05, 0.1) is 18.9 Å². The number of nitrogens with zero attached hydrogens (tertiary/aromatic N) is 7. The lowest BCUT2D eigenvalue weighted by Crippen LogP contribution is -2.47. The molecule has 7 nitrogen and oxygen atoms in total. The second-order valence-corrected chi connectivity index (χ2v) is 6.47. The van der Waals surface area contributed by atoms with Crippen molar-refractivity contribution in [3.05, 3.63) is 23.7 Å². The molecule has 3 rings (SSSR count). The smallest absolute Gasteiger partial charge is 0.189 e. The molecule has 2 aromatic rings. The fraction of sp³-hybridized carbons (Fsp3) is 0.600. The van der Waals surface area contributed by atoms with Crippen molar-refractivity contribution in [3.8, 4) is 0 Å². The second-order valence-electron chi connectivity index (χ2n) is 5.70. The number of anilines is 1. The summed E-state index contributed by atoms with van der Waals surface area (Å²) in [7, 11) is 0. The summed E-state index contributed by atoms with van der Waals surface area (Å²) in [6.45, 7) is 10.1. The topological polar surface area (TPSA) is 63.0 Å². The third-order valence-corrected chi connectivity index (χ3v) is 4.83. The maximum absolute atomic E-state index is 4.72. The summed E-state index contributed by atoms with van der Waals surface area (Å²) < 4.78 is 0. The molecule has 1 aliphatic heterocycles. The molecule has 0 spiro atoms. The van der Waals surface area contributed by atoms with Crippen molar-refractivity contribution < 1.29 is 0 Å². The Labute approximate surface area is 141 Å². The quantitative estimate of drug-likeness (QED) is 0.602. The molecule has 23 heavy (non-hydrogen) atoms. The fourth-order valence-electron chi connectivity index (χ4n) is 2.76. The van der Waals surface area contributed by atoms with Crippen LogP contribution in [0.25, 0.3) is 0 Å². The average Bonchev–Trinajstić information content (AvgIpc) is 3.09. The molecule has 0 atom stereocenters. The molecule has 1 aliphatic rings. The lowest BCUT2D eigenvalue weighted by atomic mass is 10.2. The molecule has 2 aromatic heterocycles. The second kappa shape index (κ2) is 7.27. The van der Waals surface area contributed by atoms with Crippen LogP contribution in [0.5, 0.6) is 0 Å². The highest BCUT2D eigenvalue weighted by Crippen LogP contribution is 2.23. The third-order valence-electron chi connectivity index (χ3n) is 4.28. The van der Waals surface area contributed by atoms with E-state index >= 15 is 0 Å². The summed E-state index contributed by atoms with van der Waals surface area (Å²) in [6.07, 6.45) is 5.47. The Morgan fingerprint density at radius 2 is 1.70 bits per heavy atom. The van der Waals surface area contributed by atoms with Gasteiger partial charge >= 0.3 is 0 Å². The van der Waals surface area contributed by atoms with Crippen LogP contribution >= 0.6 is 11.8 Å². The molecule has 0 aliphatic carbocycles. The van der Waals surface area contributed by atoms with Crippen LogP contribution in [0.2, 0.25) is 0 Å². The van der Waals surface area contributed by atoms with Crippen molar-refractivity contribution in [3.63, 3.8) is 0 Å². The molecule has 1 fully saturated rings. The normalized spacial score (nSPS) is 16.0. The van der Waals surface area contributed by atoms with Crippen molar-refractivity contribution in [2.24, 2.45) is 0 Å². The molecule has 0 aromatic carbocycles. The predicted molar refractivity (Wildman–Crippen MR) is 92.0 cm³/mol. The summed E-state index contributed by atoms with van der Waals surface area (Å²) in [6, 6.07) is 0. The zero-order valence-corrected chi connectivity index (χ0v) is 14.8. The van der Waals surface area contributed by atoms with E-state index in [1.165, 1.54) is 5.56 Å². The molecule has 0 amide bonds. The van der Waals surface area contributed by atoms with Gasteiger partial charge in [-0.15, -0.1) is 0 Å². The van der Waals surface area contributed by atoms with Gasteiger partial charge in [-0.1, -0.05) is 11.8 Å². The maximum atomic E-state index is 4.72. The zero-order chi connectivity index (χ0) is 16.2. The minimum absolute atomic E-state index is 0.843. The van der Waals surface area contributed by atoms with Crippen molar-refractivity contribution in [1.29, 1.82) is 0 Å². The Bertz CT molecular complexity index is 636. The monoisotopic (exact) mass is 333 g/mol. The highest BCUT2D eigenvalue weighted by atomic mass is 32.2. The highest BCUT2D eigenvalue weighted by molar-refractivity contribution is 7.98. The largest absolute Gasteiger partial charge is 0.354 e. The number of aryl methyl sites for hydroxylation is 1. The van der Waals surface area contributed by atoms with Crippen LogP contribution in [0.3, 0.4) is 0 Å². The van der Waals surface area contributed by atoms with Crippen LogP contribution in [0.15, 0.2) is 17.6 Å². The molecule has 0 radical (unpaired) electrons. The van der Waals surface area contributed by atoms with Gasteiger partial charge in [0.1, 0.15) is 5.82 Å². The van der Waals surface area contributed by atoms with E-state index in [4.69, 9.17) is 4.98 Å². The van der Waals surface area contributed by atoms with Crippen LogP contribution in [0.4, 0.5) is 5.82 Å². The van der Waals surface area contributed by atoms with Gasteiger partial charge in [0, 0.05) is 44.0 Å². The lowest BCUT2D eigenvalue weighted by molar-refractivity contribution is 0.239. The van der Waals surface area contributed by atoms with E-state index in [1.54, 1.807) is 29.0 Å². The number of hydrogen-bond donors (Lipinski definition) is 0. The van der Waals surface area contributed by atoms with E-state index < -0.39 is 0 Å². The van der Waals surface area contributed by atoms with Gasteiger partial charge in [-0.05, 0) is 20.1 Å². The van der Waals surface area contributed by atoms with E-state index in [2.05, 4.69) is 38.8 Å². The number of piperazine rings is 1. The van der Waals surface area contributed by atoms with Crippen LogP contribution in [0, 0.1) is 13.8 Å². The van der Waals surface area contributed by atoms with Crippen LogP contribution in [-0.2, 0) is 6.54 Å². The predicted octanol–water partition coefficient (Wildman–Crippen LogP) is 1.23. The van der Waals surface area contributed by atoms with Crippen LogP contribution in [-0.4, -0.2) is 68.8 Å². The van der Waals surface area contributed by atoms with Gasteiger partial charge in [-0.25, -0.2) is 9.97 Å². The van der Waals surface area contributed by atoms with E-state index in [0.29, 0.717) is 0 Å². The molecule has 1 saturated heterocycles. The van der Waals surface area contributed by atoms with Crippen LogP contribution in [0.1, 0.15) is 11.3 Å². The Balaban J connectivity index is 1.59. The van der Waals surface area contributed by atoms with Crippen molar-refractivity contribution in [2.75, 3.05) is 43.9 Å². The first-order chi connectivity index (χ1) is 11.2. The summed E-state index contributed by atoms with van der Waals surface area (Å²) in [5.41, 5.74) is 2.27. The lowest BCUT2D eigenvalue weighted by Gasteiger charge is -2.36. The Morgan fingerprint density at radius 3 is 2.35 bits per heavy atom. The van der Waals surface area contributed by atoms with Crippen molar-refractivity contribution in [1.82, 2.24) is 29.9 Å². The summed E-state index contributed by atoms with van der Waals surface area (Å²) in [5, 5.41) is 9.16. The summed E-state index contributed by atoms with van der Waals surface area (Å²) in [4.78, 5) is 15.8. The molecule has 0 unspecified atom stereocenters. The Morgan fingerprint density at radius 1 is 1.00 bits per heavy atom. The SMILES string of the molecule is CSc1nc(C)c(C)c(N2CCN(CCn3nccn3)CC2)n1. The molecule has 0 saturated carbocycles. The van der Waals surface area contributed by atoms with E-state index in [1.807, 2.05) is 6.26 Å². The van der Waals surface area contributed by atoms with Crippen LogP contribution < -0.4 is 4.90 Å². The standard InChI is InChI=1S/C15H23N7S/c1-12-13(2)18-15(23-3)19-14(12)21-9-6-20(7-10-21)8-11-22-16-4-5-17-22/h4-5H,6-11H2,1-3H3. The number of hydrogen-bond acceptors (Lipinski definition) is 7. The minimum Gasteiger partial charge on any atom is -0.354 e. The highest BCUT2D eigenvalue weighted by Gasteiger charge is 2.21. The molecule has 0 N–H and O–H groups in total. The zero-order valence-electron chi connectivity index (χ0n) is 13.9. The number of aromatic nitrogens is 5. The molecule has 3 heterocycles. The molecular weight excluding hydrogens is 310 g/mol. The van der Waals surface area contributed by atoms with Crippen molar-refractivity contribution in [2.45, 2.75) is 25.5 Å². The van der Waals surface area contributed by atoms with E-state index in [-0.39, 0.29) is 0 Å². The van der Waals surface area contributed by atoms with Gasteiger partial charge in [-0.3, -0.25) is 4.90 Å². The van der Waals surface area contributed by atoms with Gasteiger partial charge in [0.15, 0.2) is 5.16 Å². The third kappa shape index (κ3) is 3.81. The van der Waals surface area contributed by atoms with Gasteiger partial charge < -0.3 is 4.90 Å². The molecule has 124 valence electrons. The van der Waals surface area contributed by atoms with E-state index in [9.17, 15) is 0 Å². The Hall–Kier alpha value is -1.67. The first kappa shape index (κ1) is 16.2. The minimum atomic E-state index is 0.843. The van der Waals surface area contributed by atoms with Gasteiger partial charge in [0.25, 0.3) is 0 Å². The Kier molecular flexibility index (Phi) is 5.12. The summed E-state index contributed by atoms with van der Waals surface area (Å²) >= 11 is 1.60. The van der Waals surface area contributed by atoms with Gasteiger partial charge in [0.2, 0.25) is 0 Å². The molecule has 8 heteroatoms. The fourth-order valence-corrected chi connectivity index (χ4v) is 3.17. The average molecular weight is 333 g/mol. The summed E-state index contributed by atoms with van der Waals surface area (Å²) in [5.74, 6) is 1.09. The molecular formula is C15H23N7S. The van der Waals surface area contributed by atoms with Gasteiger partial charge in [-0.2, -0.15) is 15.0 Å². The molecule has 0 bridgehead atoms. The first-order valence-electron chi connectivity index (χ1n) is 7.88.